The Morgan fingerprint density at radius 2 is 2.00 bits per heavy atom. The van der Waals surface area contributed by atoms with Gasteiger partial charge in [-0.2, -0.15) is 0 Å². The number of pyridine rings is 1. The van der Waals surface area contributed by atoms with E-state index in [0.717, 1.165) is 17.9 Å². The maximum atomic E-state index is 5.73. The molecule has 1 heterocycles. The van der Waals surface area contributed by atoms with Gasteiger partial charge < -0.3 is 10.1 Å². The molecule has 20 heavy (non-hydrogen) atoms. The summed E-state index contributed by atoms with van der Waals surface area (Å²) in [6, 6.07) is 8.55. The molecule has 3 heteroatoms. The molecule has 2 aromatic rings. The first kappa shape index (κ1) is 14.5. The molecule has 0 amide bonds. The van der Waals surface area contributed by atoms with E-state index in [1.54, 1.807) is 6.20 Å². The van der Waals surface area contributed by atoms with E-state index in [2.05, 4.69) is 41.5 Å². The molecule has 1 N–H and O–H groups in total. The molecular formula is C17H22N2O. The van der Waals surface area contributed by atoms with Crippen LogP contribution >= 0.6 is 0 Å². The van der Waals surface area contributed by atoms with Crippen LogP contribution < -0.4 is 10.1 Å². The van der Waals surface area contributed by atoms with Gasteiger partial charge in [0.05, 0.1) is 12.3 Å². The third-order valence-corrected chi connectivity index (χ3v) is 3.03. The van der Waals surface area contributed by atoms with Crippen LogP contribution in [0.15, 0.2) is 36.7 Å². The van der Waals surface area contributed by atoms with E-state index in [0.29, 0.717) is 0 Å². The molecule has 0 spiro atoms. The standard InChI is InChI=1S/C17H22N2O/c1-12(2)20-16-8-15(10-19-11-16)17-7-13(3)5-6-14(17)9-18-4/h5-8,10-12,18H,9H2,1-4H3. The van der Waals surface area contributed by atoms with Gasteiger partial charge in [0, 0.05) is 18.3 Å². The van der Waals surface area contributed by atoms with Crippen LogP contribution in [0, 0.1) is 6.92 Å². The normalized spacial score (nSPS) is 10.8. The molecular weight excluding hydrogens is 248 g/mol. The minimum atomic E-state index is 0.154. The second-order valence-corrected chi connectivity index (χ2v) is 5.27. The molecule has 0 bridgehead atoms. The lowest BCUT2D eigenvalue weighted by atomic mass is 9.98. The van der Waals surface area contributed by atoms with Gasteiger partial charge >= 0.3 is 0 Å². The largest absolute Gasteiger partial charge is 0.489 e. The second kappa shape index (κ2) is 6.53. The summed E-state index contributed by atoms with van der Waals surface area (Å²) in [4.78, 5) is 4.30. The van der Waals surface area contributed by atoms with Gasteiger partial charge in [-0.25, -0.2) is 0 Å². The Hall–Kier alpha value is -1.87. The van der Waals surface area contributed by atoms with E-state index in [9.17, 15) is 0 Å². The third kappa shape index (κ3) is 3.58. The minimum Gasteiger partial charge on any atom is -0.489 e. The zero-order chi connectivity index (χ0) is 14.5. The molecule has 0 aliphatic rings. The van der Waals surface area contributed by atoms with E-state index in [1.807, 2.05) is 27.1 Å². The van der Waals surface area contributed by atoms with E-state index in [1.165, 1.54) is 16.7 Å². The zero-order valence-electron chi connectivity index (χ0n) is 12.6. The quantitative estimate of drug-likeness (QED) is 0.902. The van der Waals surface area contributed by atoms with Crippen LogP contribution in [-0.2, 0) is 6.54 Å². The van der Waals surface area contributed by atoms with Crippen LogP contribution in [0.5, 0.6) is 5.75 Å². The monoisotopic (exact) mass is 270 g/mol. The summed E-state index contributed by atoms with van der Waals surface area (Å²) in [7, 11) is 1.96. The number of rotatable bonds is 5. The van der Waals surface area contributed by atoms with E-state index in [-0.39, 0.29) is 6.10 Å². The van der Waals surface area contributed by atoms with Gasteiger partial charge in [-0.05, 0) is 45.0 Å². The molecule has 0 fully saturated rings. The molecule has 0 unspecified atom stereocenters. The Bertz CT molecular complexity index is 579. The first-order valence-electron chi connectivity index (χ1n) is 6.96. The Labute approximate surface area is 121 Å². The first-order chi connectivity index (χ1) is 9.60. The summed E-state index contributed by atoms with van der Waals surface area (Å²) in [6.07, 6.45) is 3.80. The van der Waals surface area contributed by atoms with Crippen LogP contribution in [0.2, 0.25) is 0 Å². The average molecular weight is 270 g/mol. The lowest BCUT2D eigenvalue weighted by molar-refractivity contribution is 0.241. The number of aryl methyl sites for hydroxylation is 1. The number of ether oxygens (including phenoxy) is 1. The molecule has 0 aliphatic carbocycles. The molecule has 3 nitrogen and oxygen atoms in total. The predicted octanol–water partition coefficient (Wildman–Crippen LogP) is 3.56. The van der Waals surface area contributed by atoms with Gasteiger partial charge in [0.25, 0.3) is 0 Å². The van der Waals surface area contributed by atoms with Gasteiger partial charge in [0.2, 0.25) is 0 Å². The highest BCUT2D eigenvalue weighted by molar-refractivity contribution is 5.68. The van der Waals surface area contributed by atoms with Crippen LogP contribution in [0.3, 0.4) is 0 Å². The molecule has 0 radical (unpaired) electrons. The number of hydrogen-bond acceptors (Lipinski definition) is 3. The van der Waals surface area contributed by atoms with E-state index < -0.39 is 0 Å². The fraction of sp³-hybridized carbons (Fsp3) is 0.353. The molecule has 0 saturated heterocycles. The molecule has 1 aromatic carbocycles. The maximum Gasteiger partial charge on any atom is 0.138 e. The Kier molecular flexibility index (Phi) is 4.74. The van der Waals surface area contributed by atoms with Crippen molar-refractivity contribution in [1.29, 1.82) is 0 Å². The highest BCUT2D eigenvalue weighted by atomic mass is 16.5. The number of nitrogens with zero attached hydrogens (tertiary/aromatic N) is 1. The van der Waals surface area contributed by atoms with Crippen LogP contribution in [0.4, 0.5) is 0 Å². The maximum absolute atomic E-state index is 5.73. The van der Waals surface area contributed by atoms with Gasteiger partial charge in [-0.3, -0.25) is 4.98 Å². The first-order valence-corrected chi connectivity index (χ1v) is 6.96. The Morgan fingerprint density at radius 1 is 1.20 bits per heavy atom. The lowest BCUT2D eigenvalue weighted by Crippen LogP contribution is -2.07. The summed E-state index contributed by atoms with van der Waals surface area (Å²) < 4.78 is 5.73. The molecule has 0 saturated carbocycles. The van der Waals surface area contributed by atoms with Crippen LogP contribution in [0.1, 0.15) is 25.0 Å². The fourth-order valence-electron chi connectivity index (χ4n) is 2.21. The SMILES string of the molecule is CNCc1ccc(C)cc1-c1cncc(OC(C)C)c1. The summed E-state index contributed by atoms with van der Waals surface area (Å²) in [5.74, 6) is 0.814. The van der Waals surface area contributed by atoms with E-state index in [4.69, 9.17) is 4.74 Å². The van der Waals surface area contributed by atoms with Gasteiger partial charge in [0.1, 0.15) is 5.75 Å². The summed E-state index contributed by atoms with van der Waals surface area (Å²) in [5.41, 5.74) is 4.81. The number of hydrogen-bond donors (Lipinski definition) is 1. The summed E-state index contributed by atoms with van der Waals surface area (Å²) >= 11 is 0. The third-order valence-electron chi connectivity index (χ3n) is 3.03. The highest BCUT2D eigenvalue weighted by Gasteiger charge is 2.07. The summed E-state index contributed by atoms with van der Waals surface area (Å²) in [6.45, 7) is 6.98. The van der Waals surface area contributed by atoms with Crippen molar-refractivity contribution >= 4 is 0 Å². The van der Waals surface area contributed by atoms with Crippen molar-refractivity contribution < 1.29 is 4.74 Å². The predicted molar refractivity (Wildman–Crippen MR) is 82.9 cm³/mol. The van der Waals surface area contributed by atoms with Crippen molar-refractivity contribution in [3.8, 4) is 16.9 Å². The number of aromatic nitrogens is 1. The molecule has 1 aromatic heterocycles. The van der Waals surface area contributed by atoms with Gasteiger partial charge in [-0.15, -0.1) is 0 Å². The molecule has 2 rings (SSSR count). The Balaban J connectivity index is 2.42. The smallest absolute Gasteiger partial charge is 0.138 e. The van der Waals surface area contributed by atoms with Crippen molar-refractivity contribution in [3.05, 3.63) is 47.8 Å². The molecule has 106 valence electrons. The Morgan fingerprint density at radius 3 is 2.70 bits per heavy atom. The van der Waals surface area contributed by atoms with E-state index >= 15 is 0 Å². The molecule has 0 aliphatic heterocycles. The molecule has 0 atom stereocenters. The van der Waals surface area contributed by atoms with Crippen molar-refractivity contribution in [1.82, 2.24) is 10.3 Å². The zero-order valence-corrected chi connectivity index (χ0v) is 12.6. The van der Waals surface area contributed by atoms with Crippen molar-refractivity contribution in [3.63, 3.8) is 0 Å². The summed E-state index contributed by atoms with van der Waals surface area (Å²) in [5, 5.41) is 3.21. The van der Waals surface area contributed by atoms with Crippen molar-refractivity contribution in [2.45, 2.75) is 33.4 Å². The van der Waals surface area contributed by atoms with Crippen LogP contribution in [-0.4, -0.2) is 18.1 Å². The number of nitrogens with one attached hydrogen (secondary N) is 1. The highest BCUT2D eigenvalue weighted by Crippen LogP contribution is 2.27. The van der Waals surface area contributed by atoms with Gasteiger partial charge in [-0.1, -0.05) is 23.8 Å². The fourth-order valence-corrected chi connectivity index (χ4v) is 2.21. The average Bonchev–Trinajstić information content (AvgIpc) is 2.40. The topological polar surface area (TPSA) is 34.2 Å². The van der Waals surface area contributed by atoms with Crippen LogP contribution in [0.25, 0.3) is 11.1 Å². The van der Waals surface area contributed by atoms with Crippen molar-refractivity contribution in [2.24, 2.45) is 0 Å². The minimum absolute atomic E-state index is 0.154. The lowest BCUT2D eigenvalue weighted by Gasteiger charge is -2.13. The van der Waals surface area contributed by atoms with Crippen molar-refractivity contribution in [2.75, 3.05) is 7.05 Å². The van der Waals surface area contributed by atoms with Gasteiger partial charge in [0.15, 0.2) is 0 Å². The number of benzene rings is 1. The second-order valence-electron chi connectivity index (χ2n) is 5.27.